The summed E-state index contributed by atoms with van der Waals surface area (Å²) in [6.07, 6.45) is 9.14. The highest BCUT2D eigenvalue weighted by Crippen LogP contribution is 2.09. The highest BCUT2D eigenvalue weighted by Gasteiger charge is 2.14. The SMILES string of the molecule is CCCCCCCCCCC(=O)C(=O)NC(N)=O. The number of nitrogens with two attached hydrogens (primary N) is 1. The van der Waals surface area contributed by atoms with Crippen molar-refractivity contribution in [2.45, 2.75) is 64.7 Å². The van der Waals surface area contributed by atoms with Crippen LogP contribution in [0.1, 0.15) is 64.7 Å². The summed E-state index contributed by atoms with van der Waals surface area (Å²) in [7, 11) is 0. The lowest BCUT2D eigenvalue weighted by Crippen LogP contribution is -2.39. The molecule has 0 spiro atoms. The Kier molecular flexibility index (Phi) is 9.91. The summed E-state index contributed by atoms with van der Waals surface area (Å²) in [6.45, 7) is 2.18. The van der Waals surface area contributed by atoms with Crippen LogP contribution in [0.25, 0.3) is 0 Å². The zero-order valence-electron chi connectivity index (χ0n) is 11.2. The smallest absolute Gasteiger partial charge is 0.319 e. The van der Waals surface area contributed by atoms with Gasteiger partial charge >= 0.3 is 6.03 Å². The Balaban J connectivity index is 3.40. The second-order valence-corrected chi connectivity index (χ2v) is 4.47. The van der Waals surface area contributed by atoms with Crippen molar-refractivity contribution in [3.8, 4) is 0 Å². The number of hydrogen-bond donors (Lipinski definition) is 2. The van der Waals surface area contributed by atoms with Crippen LogP contribution < -0.4 is 11.1 Å². The van der Waals surface area contributed by atoms with Crippen molar-refractivity contribution >= 4 is 17.7 Å². The zero-order chi connectivity index (χ0) is 13.8. The van der Waals surface area contributed by atoms with E-state index in [1.807, 2.05) is 0 Å². The minimum absolute atomic E-state index is 0.189. The summed E-state index contributed by atoms with van der Waals surface area (Å²) in [6, 6.07) is -0.982. The van der Waals surface area contributed by atoms with E-state index >= 15 is 0 Å². The number of carbonyl (C=O) groups is 3. The molecule has 0 aliphatic carbocycles. The monoisotopic (exact) mass is 256 g/mol. The van der Waals surface area contributed by atoms with E-state index in [9.17, 15) is 14.4 Å². The zero-order valence-corrected chi connectivity index (χ0v) is 11.2. The molecule has 5 heteroatoms. The van der Waals surface area contributed by atoms with Gasteiger partial charge in [0.05, 0.1) is 0 Å². The molecular formula is C13H24N2O3. The topological polar surface area (TPSA) is 89.3 Å². The van der Waals surface area contributed by atoms with Gasteiger partial charge in [-0.1, -0.05) is 51.9 Å². The Hall–Kier alpha value is -1.39. The van der Waals surface area contributed by atoms with Gasteiger partial charge in [0.1, 0.15) is 0 Å². The van der Waals surface area contributed by atoms with Crippen LogP contribution in [0.3, 0.4) is 0 Å². The van der Waals surface area contributed by atoms with E-state index in [1.54, 1.807) is 5.32 Å². The second kappa shape index (κ2) is 10.7. The number of carbonyl (C=O) groups excluding carboxylic acids is 3. The number of imide groups is 1. The lowest BCUT2D eigenvalue weighted by atomic mass is 10.1. The maximum absolute atomic E-state index is 11.2. The first-order valence-corrected chi connectivity index (χ1v) is 6.71. The predicted octanol–water partition coefficient (Wildman–Crippen LogP) is 2.28. The highest BCUT2D eigenvalue weighted by atomic mass is 16.2. The number of unbranched alkanes of at least 4 members (excludes halogenated alkanes) is 7. The molecule has 0 saturated heterocycles. The van der Waals surface area contributed by atoms with E-state index in [-0.39, 0.29) is 6.42 Å². The third-order valence-corrected chi connectivity index (χ3v) is 2.75. The molecule has 0 unspecified atom stereocenters. The second-order valence-electron chi connectivity index (χ2n) is 4.47. The fourth-order valence-electron chi connectivity index (χ4n) is 1.71. The standard InChI is InChI=1S/C13H24N2O3/c1-2-3-4-5-6-7-8-9-10-11(16)12(17)15-13(14)18/h2-10H2,1H3,(H3,14,15,17,18). The van der Waals surface area contributed by atoms with E-state index in [1.165, 1.54) is 32.1 Å². The van der Waals surface area contributed by atoms with E-state index < -0.39 is 17.7 Å². The predicted molar refractivity (Wildman–Crippen MR) is 70.0 cm³/mol. The van der Waals surface area contributed by atoms with Gasteiger partial charge < -0.3 is 5.73 Å². The maximum Gasteiger partial charge on any atom is 0.319 e. The van der Waals surface area contributed by atoms with Crippen molar-refractivity contribution in [2.24, 2.45) is 5.73 Å². The van der Waals surface area contributed by atoms with Gasteiger partial charge in [-0.05, 0) is 6.42 Å². The Labute approximate surface area is 108 Å². The van der Waals surface area contributed by atoms with Gasteiger partial charge in [-0.3, -0.25) is 14.9 Å². The molecule has 3 N–H and O–H groups in total. The van der Waals surface area contributed by atoms with Crippen LogP contribution in [0.4, 0.5) is 4.79 Å². The summed E-state index contributed by atoms with van der Waals surface area (Å²) in [5.41, 5.74) is 4.74. The van der Waals surface area contributed by atoms with Gasteiger partial charge in [-0.15, -0.1) is 0 Å². The molecule has 0 aliphatic rings. The first-order valence-electron chi connectivity index (χ1n) is 6.71. The number of nitrogens with one attached hydrogen (secondary N) is 1. The fraction of sp³-hybridized carbons (Fsp3) is 0.769. The number of hydrogen-bond acceptors (Lipinski definition) is 3. The molecule has 104 valence electrons. The summed E-state index contributed by atoms with van der Waals surface area (Å²) < 4.78 is 0. The molecule has 0 saturated carbocycles. The molecule has 0 atom stereocenters. The van der Waals surface area contributed by atoms with Crippen molar-refractivity contribution in [1.82, 2.24) is 5.32 Å². The van der Waals surface area contributed by atoms with E-state index in [0.717, 1.165) is 12.8 Å². The summed E-state index contributed by atoms with van der Waals surface area (Å²) in [4.78, 5) is 32.6. The summed E-state index contributed by atoms with van der Waals surface area (Å²) >= 11 is 0. The molecule has 0 aromatic carbocycles. The van der Waals surface area contributed by atoms with Gasteiger partial charge in [-0.2, -0.15) is 0 Å². The largest absolute Gasteiger partial charge is 0.351 e. The van der Waals surface area contributed by atoms with Crippen molar-refractivity contribution < 1.29 is 14.4 Å². The number of urea groups is 1. The highest BCUT2D eigenvalue weighted by molar-refractivity contribution is 6.38. The summed E-state index contributed by atoms with van der Waals surface area (Å²) in [5.74, 6) is -1.47. The molecule has 5 nitrogen and oxygen atoms in total. The molecule has 0 fully saturated rings. The fourth-order valence-corrected chi connectivity index (χ4v) is 1.71. The Morgan fingerprint density at radius 3 is 1.89 bits per heavy atom. The van der Waals surface area contributed by atoms with Crippen LogP contribution in [0, 0.1) is 0 Å². The Morgan fingerprint density at radius 1 is 0.889 bits per heavy atom. The average Bonchev–Trinajstić information content (AvgIpc) is 2.31. The molecule has 0 rings (SSSR count). The molecule has 3 amide bonds. The van der Waals surface area contributed by atoms with Crippen LogP contribution in [0.2, 0.25) is 0 Å². The van der Waals surface area contributed by atoms with Crippen LogP contribution in [-0.4, -0.2) is 17.7 Å². The van der Waals surface area contributed by atoms with Gasteiger partial charge in [0, 0.05) is 6.42 Å². The molecule has 0 radical (unpaired) electrons. The third kappa shape index (κ3) is 9.81. The van der Waals surface area contributed by atoms with Crippen LogP contribution in [-0.2, 0) is 9.59 Å². The number of rotatable bonds is 10. The Bertz CT molecular complexity index is 277. The molecule has 0 heterocycles. The molecule has 18 heavy (non-hydrogen) atoms. The van der Waals surface area contributed by atoms with E-state index in [2.05, 4.69) is 6.92 Å². The summed E-state index contributed by atoms with van der Waals surface area (Å²) in [5, 5.41) is 1.77. The first kappa shape index (κ1) is 16.6. The Morgan fingerprint density at radius 2 is 1.39 bits per heavy atom. The van der Waals surface area contributed by atoms with E-state index in [0.29, 0.717) is 6.42 Å². The molecule has 0 aliphatic heterocycles. The lowest BCUT2D eigenvalue weighted by Gasteiger charge is -2.01. The van der Waals surface area contributed by atoms with Crippen LogP contribution >= 0.6 is 0 Å². The molecule has 0 aromatic heterocycles. The van der Waals surface area contributed by atoms with Gasteiger partial charge in [0.25, 0.3) is 5.91 Å². The third-order valence-electron chi connectivity index (χ3n) is 2.75. The maximum atomic E-state index is 11.2. The number of amides is 3. The van der Waals surface area contributed by atoms with Crippen LogP contribution in [0.5, 0.6) is 0 Å². The molecule has 0 bridgehead atoms. The average molecular weight is 256 g/mol. The minimum Gasteiger partial charge on any atom is -0.351 e. The van der Waals surface area contributed by atoms with Crippen LogP contribution in [0.15, 0.2) is 0 Å². The quantitative estimate of drug-likeness (QED) is 0.464. The van der Waals surface area contributed by atoms with Crippen molar-refractivity contribution in [3.05, 3.63) is 0 Å². The lowest BCUT2D eigenvalue weighted by molar-refractivity contribution is -0.137. The minimum atomic E-state index is -0.982. The molecule has 0 aromatic rings. The van der Waals surface area contributed by atoms with Crippen molar-refractivity contribution in [3.63, 3.8) is 0 Å². The van der Waals surface area contributed by atoms with Gasteiger partial charge in [-0.25, -0.2) is 4.79 Å². The number of ketones is 1. The molecular weight excluding hydrogens is 232 g/mol. The van der Waals surface area contributed by atoms with Crippen molar-refractivity contribution in [2.75, 3.05) is 0 Å². The van der Waals surface area contributed by atoms with Gasteiger partial charge in [0.15, 0.2) is 0 Å². The van der Waals surface area contributed by atoms with E-state index in [4.69, 9.17) is 5.73 Å². The first-order chi connectivity index (χ1) is 8.57. The van der Waals surface area contributed by atoms with Crippen molar-refractivity contribution in [1.29, 1.82) is 0 Å². The number of primary amides is 1. The van der Waals surface area contributed by atoms with Gasteiger partial charge in [0.2, 0.25) is 5.78 Å². The normalized spacial score (nSPS) is 10.1. The number of Topliss-reactive ketones (excluding diaryl/α,β-unsaturated/α-hetero) is 1.